The quantitative estimate of drug-likeness (QED) is 0.680. The van der Waals surface area contributed by atoms with Gasteiger partial charge in [-0.2, -0.15) is 0 Å². The summed E-state index contributed by atoms with van der Waals surface area (Å²) in [5, 5.41) is 16.8. The van der Waals surface area contributed by atoms with Crippen molar-refractivity contribution in [3.8, 4) is 5.69 Å². The van der Waals surface area contributed by atoms with E-state index in [-0.39, 0.29) is 5.88 Å². The number of rotatable bonds is 5. The Morgan fingerprint density at radius 2 is 2.08 bits per heavy atom. The van der Waals surface area contributed by atoms with Crippen LogP contribution in [0.2, 0.25) is 0 Å². The van der Waals surface area contributed by atoms with E-state index < -0.39 is 18.5 Å². The first-order valence-corrected chi connectivity index (χ1v) is 6.85. The highest BCUT2D eigenvalue weighted by Crippen LogP contribution is 2.10. The zero-order chi connectivity index (χ0) is 16.9. The molecule has 1 aromatic carbocycles. The lowest BCUT2D eigenvalue weighted by Gasteiger charge is -2.05. The second-order valence-electron chi connectivity index (χ2n) is 4.76. The molecular weight excluding hydrogens is 316 g/mol. The molecule has 2 heterocycles. The van der Waals surface area contributed by atoms with Gasteiger partial charge in [0.15, 0.2) is 6.61 Å². The fourth-order valence-electron chi connectivity index (χ4n) is 1.84. The largest absolute Gasteiger partial charge is 0.452 e. The van der Waals surface area contributed by atoms with Crippen molar-refractivity contribution in [2.45, 2.75) is 6.92 Å². The van der Waals surface area contributed by atoms with E-state index in [4.69, 9.17) is 9.26 Å². The number of carbonyl (C=O) groups is 2. The van der Waals surface area contributed by atoms with Gasteiger partial charge in [0.25, 0.3) is 5.91 Å². The average Bonchev–Trinajstić information content (AvgIpc) is 3.25. The molecular formula is C14H12N6O4. The van der Waals surface area contributed by atoms with Crippen LogP contribution in [0, 0.1) is 6.92 Å². The standard InChI is InChI=1S/C14H12N6O4/c1-9-6-13(24-17-9)16-12(21)7-23-14(22)10-2-4-11(5-3-10)20-8-15-18-19-20/h2-6,8H,7H2,1H3,(H,16,21). The van der Waals surface area contributed by atoms with E-state index >= 15 is 0 Å². The second kappa shape index (κ2) is 6.69. The molecule has 10 nitrogen and oxygen atoms in total. The van der Waals surface area contributed by atoms with E-state index in [9.17, 15) is 9.59 Å². The third-order valence-corrected chi connectivity index (χ3v) is 2.94. The summed E-state index contributed by atoms with van der Waals surface area (Å²) in [5.41, 5.74) is 1.62. The molecule has 0 aliphatic heterocycles. The smallest absolute Gasteiger partial charge is 0.338 e. The Morgan fingerprint density at radius 1 is 1.29 bits per heavy atom. The first kappa shape index (κ1) is 15.3. The predicted molar refractivity (Wildman–Crippen MR) is 79.3 cm³/mol. The monoisotopic (exact) mass is 328 g/mol. The van der Waals surface area contributed by atoms with Gasteiger partial charge in [0.2, 0.25) is 5.88 Å². The lowest BCUT2D eigenvalue weighted by atomic mass is 10.2. The molecule has 0 bridgehead atoms. The van der Waals surface area contributed by atoms with Crippen molar-refractivity contribution in [3.63, 3.8) is 0 Å². The number of hydrogen-bond donors (Lipinski definition) is 1. The zero-order valence-corrected chi connectivity index (χ0v) is 12.5. The van der Waals surface area contributed by atoms with Crippen LogP contribution in [0.15, 0.2) is 41.2 Å². The Labute approximate surface area is 135 Å². The molecule has 1 amide bonds. The van der Waals surface area contributed by atoms with Crippen LogP contribution < -0.4 is 5.32 Å². The molecule has 3 rings (SSSR count). The Bertz CT molecular complexity index is 841. The molecule has 0 unspecified atom stereocenters. The van der Waals surface area contributed by atoms with Crippen molar-refractivity contribution in [2.75, 3.05) is 11.9 Å². The molecule has 0 saturated heterocycles. The molecule has 0 radical (unpaired) electrons. The van der Waals surface area contributed by atoms with Crippen molar-refractivity contribution >= 4 is 17.8 Å². The van der Waals surface area contributed by atoms with Crippen LogP contribution in [0.4, 0.5) is 5.88 Å². The molecule has 1 N–H and O–H groups in total. The molecule has 0 aliphatic rings. The Hall–Kier alpha value is -3.56. The predicted octanol–water partition coefficient (Wildman–Crippen LogP) is 0.754. The van der Waals surface area contributed by atoms with Gasteiger partial charge in [-0.25, -0.2) is 9.48 Å². The summed E-state index contributed by atoms with van der Waals surface area (Å²) >= 11 is 0. The minimum absolute atomic E-state index is 0.194. The number of ether oxygens (including phenoxy) is 1. The number of nitrogens with zero attached hydrogens (tertiary/aromatic N) is 5. The number of benzene rings is 1. The Kier molecular flexibility index (Phi) is 4.27. The van der Waals surface area contributed by atoms with E-state index in [0.29, 0.717) is 16.9 Å². The van der Waals surface area contributed by atoms with Crippen LogP contribution in [-0.4, -0.2) is 43.8 Å². The number of hydrogen-bond acceptors (Lipinski definition) is 8. The summed E-state index contributed by atoms with van der Waals surface area (Å²) in [7, 11) is 0. The number of aromatic nitrogens is 5. The van der Waals surface area contributed by atoms with E-state index in [1.807, 2.05) is 0 Å². The molecule has 0 spiro atoms. The van der Waals surface area contributed by atoms with Gasteiger partial charge >= 0.3 is 5.97 Å². The number of esters is 1. The summed E-state index contributed by atoms with van der Waals surface area (Å²) in [6, 6.07) is 7.97. The van der Waals surface area contributed by atoms with E-state index in [0.717, 1.165) is 0 Å². The number of anilines is 1. The van der Waals surface area contributed by atoms with Crippen molar-refractivity contribution in [1.29, 1.82) is 0 Å². The fourth-order valence-corrected chi connectivity index (χ4v) is 1.84. The van der Waals surface area contributed by atoms with Gasteiger partial charge in [-0.1, -0.05) is 5.16 Å². The topological polar surface area (TPSA) is 125 Å². The fraction of sp³-hybridized carbons (Fsp3) is 0.143. The molecule has 122 valence electrons. The maximum atomic E-state index is 11.9. The molecule has 3 aromatic rings. The van der Waals surface area contributed by atoms with Crippen LogP contribution >= 0.6 is 0 Å². The first-order chi connectivity index (χ1) is 11.6. The summed E-state index contributed by atoms with van der Waals surface area (Å²) in [5.74, 6) is -0.952. The molecule has 0 saturated carbocycles. The van der Waals surface area contributed by atoms with E-state index in [1.165, 1.54) is 11.0 Å². The molecule has 24 heavy (non-hydrogen) atoms. The van der Waals surface area contributed by atoms with E-state index in [1.54, 1.807) is 37.3 Å². The van der Waals surface area contributed by atoms with Crippen LogP contribution in [0.1, 0.15) is 16.1 Å². The molecule has 10 heteroatoms. The maximum absolute atomic E-state index is 11.9. The number of carbonyl (C=O) groups excluding carboxylic acids is 2. The second-order valence-corrected chi connectivity index (χ2v) is 4.76. The number of tetrazole rings is 1. The van der Waals surface area contributed by atoms with Crippen LogP contribution in [-0.2, 0) is 9.53 Å². The normalized spacial score (nSPS) is 10.4. The SMILES string of the molecule is Cc1cc(NC(=O)COC(=O)c2ccc(-n3cnnn3)cc2)on1. The lowest BCUT2D eigenvalue weighted by Crippen LogP contribution is -2.20. The van der Waals surface area contributed by atoms with Crippen LogP contribution in [0.5, 0.6) is 0 Å². The van der Waals surface area contributed by atoms with Gasteiger partial charge in [0, 0.05) is 6.07 Å². The van der Waals surface area contributed by atoms with Gasteiger partial charge in [-0.15, -0.1) is 5.10 Å². The number of nitrogens with one attached hydrogen (secondary N) is 1. The van der Waals surface area contributed by atoms with Gasteiger partial charge in [-0.3, -0.25) is 10.1 Å². The molecule has 0 atom stereocenters. The minimum Gasteiger partial charge on any atom is -0.452 e. The van der Waals surface area contributed by atoms with Gasteiger partial charge in [0.1, 0.15) is 6.33 Å². The Balaban J connectivity index is 1.54. The van der Waals surface area contributed by atoms with E-state index in [2.05, 4.69) is 26.0 Å². The molecule has 0 aliphatic carbocycles. The number of amides is 1. The highest BCUT2D eigenvalue weighted by atomic mass is 16.5. The lowest BCUT2D eigenvalue weighted by molar-refractivity contribution is -0.119. The van der Waals surface area contributed by atoms with Crippen molar-refractivity contribution < 1.29 is 18.8 Å². The van der Waals surface area contributed by atoms with Gasteiger partial charge in [-0.05, 0) is 41.6 Å². The van der Waals surface area contributed by atoms with Gasteiger partial charge < -0.3 is 9.26 Å². The van der Waals surface area contributed by atoms with Crippen LogP contribution in [0.25, 0.3) is 5.69 Å². The van der Waals surface area contributed by atoms with Crippen LogP contribution in [0.3, 0.4) is 0 Å². The third-order valence-electron chi connectivity index (χ3n) is 2.94. The molecule has 0 fully saturated rings. The van der Waals surface area contributed by atoms with Crippen molar-refractivity contribution in [1.82, 2.24) is 25.4 Å². The minimum atomic E-state index is -0.623. The summed E-state index contributed by atoms with van der Waals surface area (Å²) in [6.07, 6.45) is 1.43. The van der Waals surface area contributed by atoms with Crippen molar-refractivity contribution in [3.05, 3.63) is 47.9 Å². The average molecular weight is 328 g/mol. The summed E-state index contributed by atoms with van der Waals surface area (Å²) < 4.78 is 11.2. The highest BCUT2D eigenvalue weighted by molar-refractivity contribution is 5.94. The summed E-state index contributed by atoms with van der Waals surface area (Å²) in [6.45, 7) is 1.28. The van der Waals surface area contributed by atoms with Gasteiger partial charge in [0.05, 0.1) is 16.9 Å². The molecule has 2 aromatic heterocycles. The Morgan fingerprint density at radius 3 is 2.71 bits per heavy atom. The third kappa shape index (κ3) is 3.61. The number of aryl methyl sites for hydroxylation is 1. The maximum Gasteiger partial charge on any atom is 0.338 e. The highest BCUT2D eigenvalue weighted by Gasteiger charge is 2.12. The van der Waals surface area contributed by atoms with Crippen molar-refractivity contribution in [2.24, 2.45) is 0 Å². The summed E-state index contributed by atoms with van der Waals surface area (Å²) in [4.78, 5) is 23.6. The first-order valence-electron chi connectivity index (χ1n) is 6.85. The zero-order valence-electron chi connectivity index (χ0n) is 12.5.